The number of sulfone groups is 1. The highest BCUT2D eigenvalue weighted by Gasteiger charge is 2.28. The predicted octanol–water partition coefficient (Wildman–Crippen LogP) is 4.20. The number of ether oxygens (including phenoxy) is 1. The van der Waals surface area contributed by atoms with Gasteiger partial charge in [0.1, 0.15) is 11.4 Å². The van der Waals surface area contributed by atoms with Gasteiger partial charge in [0, 0.05) is 34.6 Å². The molecule has 142 valence electrons. The van der Waals surface area contributed by atoms with Crippen LogP contribution in [0, 0.1) is 5.92 Å². The number of pyridine rings is 1. The number of fused-ring (bicyclic) bond motifs is 2. The summed E-state index contributed by atoms with van der Waals surface area (Å²) in [6.45, 7) is 0.430. The van der Waals surface area contributed by atoms with Crippen molar-refractivity contribution in [3.8, 4) is 16.9 Å². The maximum Gasteiger partial charge on any atom is 0.150 e. The molecule has 1 unspecified atom stereocenters. The number of H-pyrrole nitrogens is 1. The number of benzene rings is 2. The molecule has 4 aromatic rings. The van der Waals surface area contributed by atoms with E-state index < -0.39 is 9.84 Å². The Labute approximate surface area is 163 Å². The lowest BCUT2D eigenvalue weighted by atomic mass is 9.98. The minimum atomic E-state index is -2.89. The number of aromatic nitrogens is 2. The van der Waals surface area contributed by atoms with Crippen LogP contribution in [0.15, 0.2) is 60.9 Å². The fourth-order valence-corrected chi connectivity index (χ4v) is 5.79. The number of nitrogens with one attached hydrogen (secondary N) is 1. The molecule has 3 heterocycles. The number of hydrogen-bond acceptors (Lipinski definition) is 4. The van der Waals surface area contributed by atoms with E-state index >= 15 is 0 Å². The van der Waals surface area contributed by atoms with Gasteiger partial charge in [-0.1, -0.05) is 24.3 Å². The Balaban J connectivity index is 1.50. The third kappa shape index (κ3) is 3.14. The molecule has 0 radical (unpaired) electrons. The lowest BCUT2D eigenvalue weighted by Crippen LogP contribution is -2.13. The van der Waals surface area contributed by atoms with Gasteiger partial charge in [-0.05, 0) is 41.6 Å². The number of hydrogen-bond donors (Lipinski definition) is 1. The molecule has 1 atom stereocenters. The van der Waals surface area contributed by atoms with Crippen molar-refractivity contribution in [3.05, 3.63) is 60.9 Å². The molecular weight excluding hydrogens is 372 g/mol. The van der Waals surface area contributed by atoms with Gasteiger partial charge in [-0.25, -0.2) is 13.4 Å². The van der Waals surface area contributed by atoms with E-state index in [1.165, 1.54) is 0 Å². The van der Waals surface area contributed by atoms with Crippen molar-refractivity contribution in [2.24, 2.45) is 5.92 Å². The fraction of sp³-hybridized carbons (Fsp3) is 0.227. The second kappa shape index (κ2) is 6.63. The Bertz CT molecular complexity index is 1280. The molecular formula is C22H20N2O3S. The SMILES string of the molecule is O=S1(=O)CCC(COc2ccc(-c3cnc4[nH]ccc4c3)c3ccccc23)C1. The number of nitrogens with zero attached hydrogens (tertiary/aromatic N) is 1. The molecule has 1 aliphatic rings. The minimum Gasteiger partial charge on any atom is -0.493 e. The zero-order valence-electron chi connectivity index (χ0n) is 15.3. The number of rotatable bonds is 4. The summed E-state index contributed by atoms with van der Waals surface area (Å²) in [5.41, 5.74) is 3.03. The molecule has 0 bridgehead atoms. The summed E-state index contributed by atoms with van der Waals surface area (Å²) in [5.74, 6) is 1.36. The zero-order valence-corrected chi connectivity index (χ0v) is 16.1. The molecule has 5 rings (SSSR count). The van der Waals surface area contributed by atoms with Crippen molar-refractivity contribution in [1.29, 1.82) is 0 Å². The average Bonchev–Trinajstić information content (AvgIpc) is 3.31. The van der Waals surface area contributed by atoms with Crippen molar-refractivity contribution in [3.63, 3.8) is 0 Å². The summed E-state index contributed by atoms with van der Waals surface area (Å²) < 4.78 is 29.4. The Hall–Kier alpha value is -2.86. The molecule has 2 aromatic heterocycles. The van der Waals surface area contributed by atoms with Gasteiger partial charge in [0.05, 0.1) is 18.1 Å². The fourth-order valence-electron chi connectivity index (χ4n) is 3.95. The monoisotopic (exact) mass is 392 g/mol. The van der Waals surface area contributed by atoms with Gasteiger partial charge in [-0.15, -0.1) is 0 Å². The standard InChI is InChI=1S/C22H20N2O3S/c25-28(26)10-8-15(14-28)13-27-21-6-5-18(19-3-1-2-4-20(19)21)17-11-16-7-9-23-22(16)24-12-17/h1-7,9,11-12,15H,8,10,13-14H2,(H,23,24). The summed E-state index contributed by atoms with van der Waals surface area (Å²) in [7, 11) is -2.89. The lowest BCUT2D eigenvalue weighted by molar-refractivity contribution is 0.266. The molecule has 0 spiro atoms. The molecule has 28 heavy (non-hydrogen) atoms. The third-order valence-corrected chi connectivity index (χ3v) is 7.23. The van der Waals surface area contributed by atoms with Crippen molar-refractivity contribution >= 4 is 31.6 Å². The van der Waals surface area contributed by atoms with Crippen molar-refractivity contribution in [2.45, 2.75) is 6.42 Å². The lowest BCUT2D eigenvalue weighted by Gasteiger charge is -2.15. The molecule has 0 aliphatic carbocycles. The van der Waals surface area contributed by atoms with E-state index in [9.17, 15) is 8.42 Å². The highest BCUT2D eigenvalue weighted by Crippen LogP contribution is 2.35. The zero-order chi connectivity index (χ0) is 19.1. The van der Waals surface area contributed by atoms with Gasteiger partial charge in [-0.3, -0.25) is 0 Å². The van der Waals surface area contributed by atoms with E-state index in [2.05, 4.69) is 28.2 Å². The highest BCUT2D eigenvalue weighted by molar-refractivity contribution is 7.91. The van der Waals surface area contributed by atoms with Crippen LogP contribution >= 0.6 is 0 Å². The van der Waals surface area contributed by atoms with Gasteiger partial charge in [0.25, 0.3) is 0 Å². The number of aromatic amines is 1. The van der Waals surface area contributed by atoms with Crippen LogP contribution in [-0.4, -0.2) is 36.5 Å². The van der Waals surface area contributed by atoms with Crippen LogP contribution < -0.4 is 4.74 Å². The van der Waals surface area contributed by atoms with E-state index in [4.69, 9.17) is 4.74 Å². The van der Waals surface area contributed by atoms with Gasteiger partial charge >= 0.3 is 0 Å². The van der Waals surface area contributed by atoms with E-state index in [0.29, 0.717) is 13.0 Å². The molecule has 1 N–H and O–H groups in total. The van der Waals surface area contributed by atoms with Crippen LogP contribution in [0.2, 0.25) is 0 Å². The van der Waals surface area contributed by atoms with Crippen LogP contribution in [-0.2, 0) is 9.84 Å². The average molecular weight is 392 g/mol. The third-order valence-electron chi connectivity index (χ3n) is 5.40. The molecule has 1 fully saturated rings. The summed E-state index contributed by atoms with van der Waals surface area (Å²) in [5, 5.41) is 3.19. The quantitative estimate of drug-likeness (QED) is 0.565. The minimum absolute atomic E-state index is 0.0728. The first-order chi connectivity index (χ1) is 13.6. The van der Waals surface area contributed by atoms with E-state index in [1.54, 1.807) is 0 Å². The molecule has 1 saturated heterocycles. The van der Waals surface area contributed by atoms with Crippen LogP contribution in [0.25, 0.3) is 32.9 Å². The largest absolute Gasteiger partial charge is 0.493 e. The van der Waals surface area contributed by atoms with Crippen molar-refractivity contribution in [2.75, 3.05) is 18.1 Å². The second-order valence-electron chi connectivity index (χ2n) is 7.38. The molecule has 0 amide bonds. The Morgan fingerprint density at radius 2 is 1.96 bits per heavy atom. The molecule has 2 aromatic carbocycles. The van der Waals surface area contributed by atoms with Crippen LogP contribution in [0.5, 0.6) is 5.75 Å². The summed E-state index contributed by atoms with van der Waals surface area (Å²) in [4.78, 5) is 7.63. The van der Waals surface area contributed by atoms with Crippen molar-refractivity contribution in [1.82, 2.24) is 9.97 Å². The van der Waals surface area contributed by atoms with Gasteiger partial charge in [0.2, 0.25) is 0 Å². The van der Waals surface area contributed by atoms with Crippen LogP contribution in [0.3, 0.4) is 0 Å². The smallest absolute Gasteiger partial charge is 0.150 e. The van der Waals surface area contributed by atoms with E-state index in [-0.39, 0.29) is 17.4 Å². The molecule has 1 aliphatic heterocycles. The van der Waals surface area contributed by atoms with E-state index in [0.717, 1.165) is 38.7 Å². The first-order valence-electron chi connectivity index (χ1n) is 9.37. The van der Waals surface area contributed by atoms with E-state index in [1.807, 2.05) is 42.7 Å². The van der Waals surface area contributed by atoms with Crippen LogP contribution in [0.1, 0.15) is 6.42 Å². The topological polar surface area (TPSA) is 72.1 Å². The Kier molecular flexibility index (Phi) is 4.09. The maximum absolute atomic E-state index is 11.7. The van der Waals surface area contributed by atoms with Gasteiger partial charge < -0.3 is 9.72 Å². The molecule has 6 heteroatoms. The molecule has 5 nitrogen and oxygen atoms in total. The Morgan fingerprint density at radius 3 is 2.79 bits per heavy atom. The molecule has 0 saturated carbocycles. The summed E-state index contributed by atoms with van der Waals surface area (Å²) >= 11 is 0. The first-order valence-corrected chi connectivity index (χ1v) is 11.2. The van der Waals surface area contributed by atoms with Gasteiger partial charge in [0.15, 0.2) is 9.84 Å². The summed E-state index contributed by atoms with van der Waals surface area (Å²) in [6.07, 6.45) is 4.45. The Morgan fingerprint density at radius 1 is 1.11 bits per heavy atom. The highest BCUT2D eigenvalue weighted by atomic mass is 32.2. The first kappa shape index (κ1) is 17.3. The van der Waals surface area contributed by atoms with Gasteiger partial charge in [-0.2, -0.15) is 0 Å². The van der Waals surface area contributed by atoms with Crippen LogP contribution in [0.4, 0.5) is 0 Å². The normalized spacial score (nSPS) is 18.6. The summed E-state index contributed by atoms with van der Waals surface area (Å²) in [6, 6.07) is 16.3. The second-order valence-corrected chi connectivity index (χ2v) is 9.61. The maximum atomic E-state index is 11.7. The van der Waals surface area contributed by atoms with Crippen molar-refractivity contribution < 1.29 is 13.2 Å². The predicted molar refractivity (Wildman–Crippen MR) is 111 cm³/mol.